The number of hydrazone groups is 2. The molecule has 3 N–H and O–H groups in total. The predicted molar refractivity (Wildman–Crippen MR) is 121 cm³/mol. The molecular weight excluding hydrogens is 408 g/mol. The molecule has 2 heterocycles. The number of anilines is 2. The van der Waals surface area contributed by atoms with E-state index < -0.39 is 0 Å². The quantitative estimate of drug-likeness (QED) is 0.431. The Hall–Kier alpha value is -4.08. The lowest BCUT2D eigenvalue weighted by Gasteiger charge is -2.14. The Kier molecular flexibility index (Phi) is 4.69. The first-order valence-electron chi connectivity index (χ1n) is 10.4. The van der Waals surface area contributed by atoms with Crippen LogP contribution in [-0.2, 0) is 17.6 Å². The Morgan fingerprint density at radius 1 is 1.16 bits per heavy atom. The highest BCUT2D eigenvalue weighted by atomic mass is 16.3. The van der Waals surface area contributed by atoms with E-state index in [-0.39, 0.29) is 17.4 Å². The standard InChI is InChI=1S/C22H22N8O2/c1-11-7-8-15(9-12(11)2)30-22(32)18(13(3)27-30)23-24-19-16-6-4-5-14(16)10-17(20(19)31)21-25-28-29-26-21/h7-10,24,31H,4-6H2,1-3H3,(H,25,26,28,29)/b23-18+. The molecule has 2 aromatic carbocycles. The summed E-state index contributed by atoms with van der Waals surface area (Å²) in [5, 5.41) is 34.8. The second kappa shape index (κ2) is 7.56. The molecule has 32 heavy (non-hydrogen) atoms. The summed E-state index contributed by atoms with van der Waals surface area (Å²) in [6.07, 6.45) is 2.66. The molecule has 0 atom stereocenters. The van der Waals surface area contributed by atoms with Crippen molar-refractivity contribution in [3.63, 3.8) is 0 Å². The molecule has 1 amide bonds. The predicted octanol–water partition coefficient (Wildman–Crippen LogP) is 2.87. The maximum absolute atomic E-state index is 13.1. The van der Waals surface area contributed by atoms with Crippen LogP contribution in [0.25, 0.3) is 11.4 Å². The number of benzene rings is 2. The van der Waals surface area contributed by atoms with E-state index in [1.165, 1.54) is 5.01 Å². The van der Waals surface area contributed by atoms with Crippen molar-refractivity contribution in [1.82, 2.24) is 20.6 Å². The molecule has 0 saturated carbocycles. The van der Waals surface area contributed by atoms with Crippen molar-refractivity contribution in [1.29, 1.82) is 0 Å². The Balaban J connectivity index is 1.49. The molecule has 0 unspecified atom stereocenters. The minimum atomic E-state index is -0.329. The Bertz CT molecular complexity index is 1290. The van der Waals surface area contributed by atoms with E-state index in [1.54, 1.807) is 6.92 Å². The van der Waals surface area contributed by atoms with Gasteiger partial charge in [-0.15, -0.1) is 5.10 Å². The van der Waals surface area contributed by atoms with Crippen molar-refractivity contribution in [2.45, 2.75) is 40.0 Å². The van der Waals surface area contributed by atoms with Gasteiger partial charge in [0.1, 0.15) is 5.69 Å². The van der Waals surface area contributed by atoms with Crippen molar-refractivity contribution in [2.24, 2.45) is 10.2 Å². The lowest BCUT2D eigenvalue weighted by molar-refractivity contribution is -0.112. The minimum Gasteiger partial charge on any atom is -0.505 e. The van der Waals surface area contributed by atoms with Gasteiger partial charge in [-0.2, -0.15) is 15.2 Å². The van der Waals surface area contributed by atoms with E-state index in [1.807, 2.05) is 38.1 Å². The number of carbonyl (C=O) groups excluding carboxylic acids is 1. The lowest BCUT2D eigenvalue weighted by atomic mass is 10.0. The third kappa shape index (κ3) is 3.20. The maximum Gasteiger partial charge on any atom is 0.301 e. The number of H-pyrrole nitrogens is 1. The summed E-state index contributed by atoms with van der Waals surface area (Å²) < 4.78 is 0. The fourth-order valence-electron chi connectivity index (χ4n) is 4.08. The summed E-state index contributed by atoms with van der Waals surface area (Å²) >= 11 is 0. The van der Waals surface area contributed by atoms with Crippen LogP contribution in [0.15, 0.2) is 34.5 Å². The van der Waals surface area contributed by atoms with Gasteiger partial charge in [0.2, 0.25) is 0 Å². The molecule has 0 saturated heterocycles. The number of aromatic nitrogens is 4. The number of rotatable bonds is 4. The Labute approximate surface area is 184 Å². The van der Waals surface area contributed by atoms with E-state index >= 15 is 0 Å². The second-order valence-corrected chi connectivity index (χ2v) is 8.03. The number of aromatic hydroxyl groups is 1. The van der Waals surface area contributed by atoms with Crippen LogP contribution < -0.4 is 10.4 Å². The van der Waals surface area contributed by atoms with Crippen LogP contribution in [0, 0.1) is 13.8 Å². The van der Waals surface area contributed by atoms with Gasteiger partial charge in [-0.1, -0.05) is 6.07 Å². The van der Waals surface area contributed by atoms with Crippen molar-refractivity contribution in [2.75, 3.05) is 10.4 Å². The first-order chi connectivity index (χ1) is 15.4. The highest BCUT2D eigenvalue weighted by molar-refractivity contribution is 6.71. The van der Waals surface area contributed by atoms with Crippen molar-refractivity contribution in [3.8, 4) is 17.1 Å². The van der Waals surface area contributed by atoms with Crippen molar-refractivity contribution in [3.05, 3.63) is 46.5 Å². The second-order valence-electron chi connectivity index (χ2n) is 8.03. The summed E-state index contributed by atoms with van der Waals surface area (Å²) in [5.41, 5.74) is 9.55. The molecule has 3 aromatic rings. The normalized spacial score (nSPS) is 16.6. The molecule has 162 valence electrons. The fourth-order valence-corrected chi connectivity index (χ4v) is 4.08. The van der Waals surface area contributed by atoms with Crippen molar-refractivity contribution >= 4 is 28.7 Å². The van der Waals surface area contributed by atoms with Gasteiger partial charge < -0.3 is 5.11 Å². The third-order valence-corrected chi connectivity index (χ3v) is 5.98. The van der Waals surface area contributed by atoms with Crippen LogP contribution >= 0.6 is 0 Å². The van der Waals surface area contributed by atoms with E-state index in [4.69, 9.17) is 0 Å². The Morgan fingerprint density at radius 2 is 2.00 bits per heavy atom. The number of hydrogen-bond acceptors (Lipinski definition) is 8. The van der Waals surface area contributed by atoms with Gasteiger partial charge in [0.15, 0.2) is 17.3 Å². The zero-order valence-corrected chi connectivity index (χ0v) is 18.0. The van der Waals surface area contributed by atoms with Crippen LogP contribution in [-0.4, -0.2) is 43.1 Å². The van der Waals surface area contributed by atoms with E-state index in [0.29, 0.717) is 28.5 Å². The number of carbonyl (C=O) groups is 1. The van der Waals surface area contributed by atoms with Crippen LogP contribution in [0.3, 0.4) is 0 Å². The number of phenols is 1. The highest BCUT2D eigenvalue weighted by Crippen LogP contribution is 2.42. The number of tetrazole rings is 1. The molecule has 10 nitrogen and oxygen atoms in total. The van der Waals surface area contributed by atoms with E-state index in [2.05, 4.69) is 36.3 Å². The van der Waals surface area contributed by atoms with Crippen LogP contribution in [0.5, 0.6) is 5.75 Å². The summed E-state index contributed by atoms with van der Waals surface area (Å²) in [6.45, 7) is 5.75. The maximum atomic E-state index is 13.1. The first kappa shape index (κ1) is 19.9. The molecule has 1 aromatic heterocycles. The number of hydrogen-bond donors (Lipinski definition) is 3. The van der Waals surface area contributed by atoms with Gasteiger partial charge >= 0.3 is 5.91 Å². The van der Waals surface area contributed by atoms with Gasteiger partial charge in [0.25, 0.3) is 0 Å². The Morgan fingerprint density at radius 3 is 2.75 bits per heavy atom. The molecule has 10 heteroatoms. The van der Waals surface area contributed by atoms with Gasteiger partial charge in [0, 0.05) is 0 Å². The molecule has 0 spiro atoms. The average molecular weight is 430 g/mol. The molecule has 1 aliphatic heterocycles. The van der Waals surface area contributed by atoms with Gasteiger partial charge in [-0.25, -0.2) is 5.10 Å². The minimum absolute atomic E-state index is 0.0143. The summed E-state index contributed by atoms with van der Waals surface area (Å²) in [7, 11) is 0. The third-order valence-electron chi connectivity index (χ3n) is 5.98. The monoisotopic (exact) mass is 430 g/mol. The van der Waals surface area contributed by atoms with Gasteiger partial charge in [0.05, 0.1) is 17.0 Å². The SMILES string of the molecule is CC1=NN(c2ccc(C)c(C)c2)C(=O)/C1=N/Nc1c(O)c(-c2nnn[nH]2)cc2c1CCC2. The number of fused-ring (bicyclic) bond motifs is 1. The van der Waals surface area contributed by atoms with Crippen LogP contribution in [0.2, 0.25) is 0 Å². The summed E-state index contributed by atoms with van der Waals surface area (Å²) in [6, 6.07) is 7.64. The lowest BCUT2D eigenvalue weighted by Crippen LogP contribution is -2.28. The molecule has 5 rings (SSSR count). The van der Waals surface area contributed by atoms with Crippen LogP contribution in [0.1, 0.15) is 35.6 Å². The van der Waals surface area contributed by atoms with Gasteiger partial charge in [-0.05, 0) is 90.9 Å². The molecular formula is C22H22N8O2. The number of aromatic amines is 1. The summed E-state index contributed by atoms with van der Waals surface area (Å²) in [4.78, 5) is 13.1. The van der Waals surface area contributed by atoms with Gasteiger partial charge in [-0.3, -0.25) is 10.2 Å². The number of nitrogens with one attached hydrogen (secondary N) is 2. The molecule has 1 aliphatic carbocycles. The molecule has 2 aliphatic rings. The van der Waals surface area contributed by atoms with E-state index in [0.717, 1.165) is 41.5 Å². The number of amides is 1. The smallest absolute Gasteiger partial charge is 0.301 e. The number of aryl methyl sites for hydroxylation is 3. The highest BCUT2D eigenvalue weighted by Gasteiger charge is 2.31. The number of nitrogens with zero attached hydrogens (tertiary/aromatic N) is 6. The van der Waals surface area contributed by atoms with Crippen molar-refractivity contribution < 1.29 is 9.90 Å². The largest absolute Gasteiger partial charge is 0.505 e. The molecule has 0 fully saturated rings. The zero-order valence-electron chi connectivity index (χ0n) is 18.0. The average Bonchev–Trinajstić information content (AvgIpc) is 3.51. The molecule has 0 radical (unpaired) electrons. The summed E-state index contributed by atoms with van der Waals surface area (Å²) in [5.74, 6) is 0.0214. The zero-order chi connectivity index (χ0) is 22.4. The first-order valence-corrected chi connectivity index (χ1v) is 10.4. The number of phenolic OH excluding ortho intramolecular Hbond substituents is 1. The van der Waals surface area contributed by atoms with E-state index in [9.17, 15) is 9.90 Å². The topological polar surface area (TPSA) is 132 Å². The van der Waals surface area contributed by atoms with Crippen LogP contribution in [0.4, 0.5) is 11.4 Å². The molecule has 0 bridgehead atoms. The fraction of sp³-hybridized carbons (Fsp3) is 0.273.